The number of nitrogens with one attached hydrogen (secondary N) is 1. The number of anilines is 2. The molecule has 1 amide bonds. The molecule has 0 radical (unpaired) electrons. The van der Waals surface area contributed by atoms with Crippen LogP contribution in [0.3, 0.4) is 0 Å². The van der Waals surface area contributed by atoms with Gasteiger partial charge in [0, 0.05) is 5.69 Å². The lowest BCUT2D eigenvalue weighted by molar-refractivity contribution is -0.114. The van der Waals surface area contributed by atoms with Gasteiger partial charge in [0.25, 0.3) is 0 Å². The number of hydrogen-bond acceptors (Lipinski definition) is 4. The highest BCUT2D eigenvalue weighted by Gasteiger charge is 2.21. The van der Waals surface area contributed by atoms with E-state index in [9.17, 15) is 13.2 Å². The average Bonchev–Trinajstić information content (AvgIpc) is 2.59. The molecule has 0 saturated carbocycles. The van der Waals surface area contributed by atoms with E-state index in [4.69, 9.17) is 4.74 Å². The van der Waals surface area contributed by atoms with Crippen molar-refractivity contribution in [3.8, 4) is 5.75 Å². The second kappa shape index (κ2) is 8.71. The first-order chi connectivity index (χ1) is 12.3. The molecule has 0 aliphatic carbocycles. The Morgan fingerprint density at radius 3 is 2.23 bits per heavy atom. The van der Waals surface area contributed by atoms with Crippen molar-refractivity contribution in [2.75, 3.05) is 29.0 Å². The van der Waals surface area contributed by atoms with Crippen molar-refractivity contribution >= 4 is 27.3 Å². The van der Waals surface area contributed by atoms with Gasteiger partial charge in [-0.25, -0.2) is 8.42 Å². The minimum atomic E-state index is -3.61. The van der Waals surface area contributed by atoms with Crippen molar-refractivity contribution in [2.45, 2.75) is 20.3 Å². The summed E-state index contributed by atoms with van der Waals surface area (Å²) < 4.78 is 30.8. The van der Waals surface area contributed by atoms with Crippen molar-refractivity contribution in [3.05, 3.63) is 54.1 Å². The van der Waals surface area contributed by atoms with Gasteiger partial charge in [-0.15, -0.1) is 0 Å². The maximum atomic E-state index is 12.3. The zero-order chi connectivity index (χ0) is 19.2. The summed E-state index contributed by atoms with van der Waals surface area (Å²) in [5.41, 5.74) is 2.11. The largest absolute Gasteiger partial charge is 0.494 e. The number of benzene rings is 2. The van der Waals surface area contributed by atoms with Gasteiger partial charge in [0.15, 0.2) is 0 Å². The topological polar surface area (TPSA) is 75.7 Å². The quantitative estimate of drug-likeness (QED) is 0.768. The number of aryl methyl sites for hydroxylation is 1. The Balaban J connectivity index is 2.12. The predicted octanol–water partition coefficient (Wildman–Crippen LogP) is 3.19. The second-order valence-electron chi connectivity index (χ2n) is 6.03. The molecule has 0 heterocycles. The summed E-state index contributed by atoms with van der Waals surface area (Å²) in [6.45, 7) is 4.24. The zero-order valence-corrected chi connectivity index (χ0v) is 16.0. The van der Waals surface area contributed by atoms with Crippen molar-refractivity contribution < 1.29 is 17.9 Å². The van der Waals surface area contributed by atoms with E-state index in [0.717, 1.165) is 22.5 Å². The molecule has 0 fully saturated rings. The number of amides is 1. The molecule has 0 aliphatic rings. The smallest absolute Gasteiger partial charge is 0.245 e. The van der Waals surface area contributed by atoms with Gasteiger partial charge < -0.3 is 10.1 Å². The fraction of sp³-hybridized carbons (Fsp3) is 0.316. The minimum absolute atomic E-state index is 0.304. The first kappa shape index (κ1) is 19.8. The molecule has 0 aromatic heterocycles. The van der Waals surface area contributed by atoms with E-state index in [2.05, 4.69) is 5.32 Å². The lowest BCUT2D eigenvalue weighted by atomic mass is 10.2. The highest BCUT2D eigenvalue weighted by atomic mass is 32.2. The summed E-state index contributed by atoms with van der Waals surface area (Å²) in [7, 11) is -3.61. The standard InChI is InChI=1S/C19H24N2O4S/c1-4-13-25-18-11-9-17(10-12-18)21(26(3,23)24)14-19(22)20-16-7-5-15(2)6-8-16/h5-12H,4,13-14H2,1-3H3,(H,20,22). The summed E-state index contributed by atoms with van der Waals surface area (Å²) in [5.74, 6) is 0.249. The van der Waals surface area contributed by atoms with Gasteiger partial charge in [0.1, 0.15) is 12.3 Å². The molecule has 2 aromatic rings. The molecular weight excluding hydrogens is 352 g/mol. The van der Waals surface area contributed by atoms with Crippen LogP contribution in [-0.2, 0) is 14.8 Å². The SMILES string of the molecule is CCCOc1ccc(N(CC(=O)Nc2ccc(C)cc2)S(C)(=O)=O)cc1. The number of hydrogen-bond donors (Lipinski definition) is 1. The van der Waals surface area contributed by atoms with E-state index in [1.165, 1.54) is 0 Å². The highest BCUT2D eigenvalue weighted by molar-refractivity contribution is 7.92. The third kappa shape index (κ3) is 5.77. The summed E-state index contributed by atoms with van der Waals surface area (Å²) in [4.78, 5) is 12.3. The number of carbonyl (C=O) groups excluding carboxylic acids is 1. The Hall–Kier alpha value is -2.54. The Morgan fingerprint density at radius 2 is 1.69 bits per heavy atom. The fourth-order valence-corrected chi connectivity index (χ4v) is 3.15. The lowest BCUT2D eigenvalue weighted by Gasteiger charge is -2.22. The van der Waals surface area contributed by atoms with Crippen LogP contribution in [0.2, 0.25) is 0 Å². The summed E-state index contributed by atoms with van der Waals surface area (Å²) in [5, 5.41) is 2.71. The fourth-order valence-electron chi connectivity index (χ4n) is 2.30. The van der Waals surface area contributed by atoms with Gasteiger partial charge in [0.2, 0.25) is 15.9 Å². The minimum Gasteiger partial charge on any atom is -0.494 e. The van der Waals surface area contributed by atoms with Gasteiger partial charge in [-0.05, 0) is 49.7 Å². The van der Waals surface area contributed by atoms with Crippen LogP contribution in [0.15, 0.2) is 48.5 Å². The molecule has 6 nitrogen and oxygen atoms in total. The van der Waals surface area contributed by atoms with E-state index in [1.54, 1.807) is 36.4 Å². The number of ether oxygens (including phenoxy) is 1. The normalized spacial score (nSPS) is 11.0. The third-order valence-corrected chi connectivity index (χ3v) is 4.76. The van der Waals surface area contributed by atoms with Crippen molar-refractivity contribution in [1.29, 1.82) is 0 Å². The molecule has 0 spiro atoms. The average molecular weight is 376 g/mol. The van der Waals surface area contributed by atoms with Crippen LogP contribution in [0.25, 0.3) is 0 Å². The van der Waals surface area contributed by atoms with Gasteiger partial charge in [-0.1, -0.05) is 24.6 Å². The Bertz CT molecular complexity index is 831. The predicted molar refractivity (Wildman–Crippen MR) is 104 cm³/mol. The molecule has 0 bridgehead atoms. The lowest BCUT2D eigenvalue weighted by Crippen LogP contribution is -2.37. The van der Waals surface area contributed by atoms with Gasteiger partial charge in [0.05, 0.1) is 18.6 Å². The Kier molecular flexibility index (Phi) is 6.63. The maximum absolute atomic E-state index is 12.3. The van der Waals surface area contributed by atoms with Crippen LogP contribution in [-0.4, -0.2) is 33.7 Å². The van der Waals surface area contributed by atoms with Crippen LogP contribution in [0.4, 0.5) is 11.4 Å². The molecule has 2 rings (SSSR count). The van der Waals surface area contributed by atoms with E-state index in [-0.39, 0.29) is 6.54 Å². The molecular formula is C19H24N2O4S. The first-order valence-corrected chi connectivity index (χ1v) is 10.2. The monoisotopic (exact) mass is 376 g/mol. The highest BCUT2D eigenvalue weighted by Crippen LogP contribution is 2.22. The zero-order valence-electron chi connectivity index (χ0n) is 15.2. The molecule has 140 valence electrons. The van der Waals surface area contributed by atoms with Crippen LogP contribution >= 0.6 is 0 Å². The summed E-state index contributed by atoms with van der Waals surface area (Å²) in [6.07, 6.45) is 1.96. The molecule has 2 aromatic carbocycles. The molecule has 26 heavy (non-hydrogen) atoms. The van der Waals surface area contributed by atoms with Crippen molar-refractivity contribution in [1.82, 2.24) is 0 Å². The molecule has 7 heteroatoms. The number of sulfonamides is 1. The van der Waals surface area contributed by atoms with E-state index in [1.807, 2.05) is 26.0 Å². The third-order valence-electron chi connectivity index (χ3n) is 3.62. The van der Waals surface area contributed by atoms with Crippen LogP contribution in [0, 0.1) is 6.92 Å². The Labute approximate surface area is 154 Å². The van der Waals surface area contributed by atoms with E-state index in [0.29, 0.717) is 23.7 Å². The molecule has 0 unspecified atom stereocenters. The first-order valence-electron chi connectivity index (χ1n) is 8.36. The molecule has 0 saturated heterocycles. The second-order valence-corrected chi connectivity index (χ2v) is 7.93. The van der Waals surface area contributed by atoms with Crippen molar-refractivity contribution in [2.24, 2.45) is 0 Å². The van der Waals surface area contributed by atoms with Crippen LogP contribution < -0.4 is 14.4 Å². The van der Waals surface area contributed by atoms with Crippen LogP contribution in [0.5, 0.6) is 5.75 Å². The summed E-state index contributed by atoms with van der Waals surface area (Å²) in [6, 6.07) is 14.0. The van der Waals surface area contributed by atoms with E-state index >= 15 is 0 Å². The molecule has 0 atom stereocenters. The van der Waals surface area contributed by atoms with Crippen molar-refractivity contribution in [3.63, 3.8) is 0 Å². The van der Waals surface area contributed by atoms with E-state index < -0.39 is 15.9 Å². The number of nitrogens with zero attached hydrogens (tertiary/aromatic N) is 1. The van der Waals surface area contributed by atoms with Crippen LogP contribution in [0.1, 0.15) is 18.9 Å². The van der Waals surface area contributed by atoms with Gasteiger partial charge in [-0.3, -0.25) is 9.10 Å². The Morgan fingerprint density at radius 1 is 1.08 bits per heavy atom. The maximum Gasteiger partial charge on any atom is 0.245 e. The molecule has 1 N–H and O–H groups in total. The number of rotatable bonds is 8. The number of carbonyl (C=O) groups is 1. The van der Waals surface area contributed by atoms with Gasteiger partial charge in [-0.2, -0.15) is 0 Å². The van der Waals surface area contributed by atoms with Gasteiger partial charge >= 0.3 is 0 Å². The molecule has 0 aliphatic heterocycles. The summed E-state index contributed by atoms with van der Waals surface area (Å²) >= 11 is 0.